The number of ketones is 1. The van der Waals surface area contributed by atoms with Gasteiger partial charge in [0.2, 0.25) is 0 Å². The molecule has 3 atom stereocenters. The van der Waals surface area contributed by atoms with E-state index in [1.54, 1.807) is 5.57 Å². The molecule has 0 aromatic rings. The number of hydrogen-bond acceptors (Lipinski definition) is 1. The van der Waals surface area contributed by atoms with Crippen molar-refractivity contribution in [3.8, 4) is 0 Å². The number of hydrogen-bond donors (Lipinski definition) is 0. The zero-order valence-electron chi connectivity index (χ0n) is 13.2. The quantitative estimate of drug-likeness (QED) is 0.640. The Balaban J connectivity index is 2.04. The van der Waals surface area contributed by atoms with E-state index in [2.05, 4.69) is 39.2 Å². The van der Waals surface area contributed by atoms with Gasteiger partial charge in [-0.15, -0.1) is 0 Å². The SMILES string of the molecule is CC1(C)C(=O)[C@H]2CC/C(=C\[Si](C)(C)C)[C@@]23CC[C@@H]1C3. The maximum atomic E-state index is 12.9. The van der Waals surface area contributed by atoms with Gasteiger partial charge in [0.1, 0.15) is 5.78 Å². The van der Waals surface area contributed by atoms with Crippen LogP contribution in [0.2, 0.25) is 19.6 Å². The van der Waals surface area contributed by atoms with Gasteiger partial charge in [-0.05, 0) is 38.0 Å². The fourth-order valence-electron chi connectivity index (χ4n) is 5.12. The molecule has 0 aromatic carbocycles. The molecule has 3 saturated carbocycles. The molecule has 19 heavy (non-hydrogen) atoms. The van der Waals surface area contributed by atoms with Crippen LogP contribution in [-0.2, 0) is 4.79 Å². The maximum Gasteiger partial charge on any atom is 0.142 e. The van der Waals surface area contributed by atoms with Crippen LogP contribution in [0.5, 0.6) is 0 Å². The van der Waals surface area contributed by atoms with Crippen molar-refractivity contribution in [3.05, 3.63) is 11.3 Å². The predicted molar refractivity (Wildman–Crippen MR) is 82.7 cm³/mol. The van der Waals surface area contributed by atoms with Crippen molar-refractivity contribution < 1.29 is 4.79 Å². The number of Topliss-reactive ketones (excluding diaryl/α,β-unsaturated/α-hetero) is 1. The first kappa shape index (κ1) is 13.6. The third kappa shape index (κ3) is 1.82. The second kappa shape index (κ2) is 3.84. The van der Waals surface area contributed by atoms with E-state index in [1.807, 2.05) is 0 Å². The molecular weight excluding hydrogens is 248 g/mol. The van der Waals surface area contributed by atoms with Crippen LogP contribution in [0.15, 0.2) is 11.3 Å². The van der Waals surface area contributed by atoms with Gasteiger partial charge in [-0.3, -0.25) is 4.79 Å². The van der Waals surface area contributed by atoms with Crippen molar-refractivity contribution in [2.45, 2.75) is 65.6 Å². The first-order chi connectivity index (χ1) is 8.67. The summed E-state index contributed by atoms with van der Waals surface area (Å²) in [5.74, 6) is 1.57. The summed E-state index contributed by atoms with van der Waals surface area (Å²) in [7, 11) is -1.17. The van der Waals surface area contributed by atoms with E-state index in [4.69, 9.17) is 0 Å². The average Bonchev–Trinajstić information content (AvgIpc) is 2.82. The number of allylic oxidation sites excluding steroid dienone is 1. The fraction of sp³-hybridized carbons (Fsp3) is 0.824. The van der Waals surface area contributed by atoms with Gasteiger partial charge in [-0.1, -0.05) is 44.8 Å². The molecule has 106 valence electrons. The zero-order valence-corrected chi connectivity index (χ0v) is 14.2. The van der Waals surface area contributed by atoms with Crippen molar-refractivity contribution in [1.82, 2.24) is 0 Å². The van der Waals surface area contributed by atoms with Crippen molar-refractivity contribution >= 4 is 13.9 Å². The lowest BCUT2D eigenvalue weighted by Crippen LogP contribution is -2.46. The molecule has 0 heterocycles. The molecule has 0 N–H and O–H groups in total. The van der Waals surface area contributed by atoms with Gasteiger partial charge in [0, 0.05) is 16.7 Å². The standard InChI is InChI=1S/C17H28OSi/c1-16(2)12-8-9-17(10-12)13(11-19(3,4)5)6-7-14(17)15(16)18/h11-12,14H,6-10H2,1-5H3/b13-11+/t12-,14-,17+/m1/s1. The van der Waals surface area contributed by atoms with Gasteiger partial charge in [0.25, 0.3) is 0 Å². The monoisotopic (exact) mass is 276 g/mol. The lowest BCUT2D eigenvalue weighted by atomic mass is 9.59. The average molecular weight is 276 g/mol. The van der Waals surface area contributed by atoms with Crippen LogP contribution < -0.4 is 0 Å². The molecule has 0 saturated heterocycles. The molecule has 1 nitrogen and oxygen atoms in total. The molecule has 3 rings (SSSR count). The fourth-order valence-corrected chi connectivity index (χ4v) is 6.60. The highest BCUT2D eigenvalue weighted by Gasteiger charge is 2.62. The second-order valence-corrected chi connectivity index (χ2v) is 13.8. The van der Waals surface area contributed by atoms with E-state index >= 15 is 0 Å². The van der Waals surface area contributed by atoms with Crippen LogP contribution in [0.1, 0.15) is 46.0 Å². The Morgan fingerprint density at radius 3 is 2.53 bits per heavy atom. The number of rotatable bonds is 1. The normalized spacial score (nSPS) is 42.8. The zero-order chi connectivity index (χ0) is 14.1. The molecule has 2 bridgehead atoms. The Kier molecular flexibility index (Phi) is 2.75. The molecule has 0 amide bonds. The third-order valence-corrected chi connectivity index (χ3v) is 7.35. The van der Waals surface area contributed by atoms with Crippen LogP contribution in [0.25, 0.3) is 0 Å². The summed E-state index contributed by atoms with van der Waals surface area (Å²) >= 11 is 0. The second-order valence-electron chi connectivity index (χ2n) is 8.81. The predicted octanol–water partition coefficient (Wildman–Crippen LogP) is 4.60. The minimum absolute atomic E-state index is 0.0563. The van der Waals surface area contributed by atoms with Crippen molar-refractivity contribution in [3.63, 3.8) is 0 Å². The number of carbonyl (C=O) groups is 1. The summed E-state index contributed by atoms with van der Waals surface area (Å²) in [6.45, 7) is 11.7. The molecular formula is C17H28OSi. The molecule has 0 radical (unpaired) electrons. The van der Waals surface area contributed by atoms with Crippen LogP contribution >= 0.6 is 0 Å². The summed E-state index contributed by atoms with van der Waals surface area (Å²) in [5.41, 5.74) is 4.56. The maximum absolute atomic E-state index is 12.9. The van der Waals surface area contributed by atoms with Crippen LogP contribution in [-0.4, -0.2) is 13.9 Å². The lowest BCUT2D eigenvalue weighted by Gasteiger charge is -2.44. The van der Waals surface area contributed by atoms with Gasteiger partial charge >= 0.3 is 0 Å². The topological polar surface area (TPSA) is 17.1 Å². The first-order valence-corrected chi connectivity index (χ1v) is 11.5. The lowest BCUT2D eigenvalue weighted by molar-refractivity contribution is -0.140. The van der Waals surface area contributed by atoms with Crippen molar-refractivity contribution in [1.29, 1.82) is 0 Å². The smallest absolute Gasteiger partial charge is 0.142 e. The molecule has 0 aromatic heterocycles. The van der Waals surface area contributed by atoms with E-state index in [0.717, 1.165) is 6.42 Å². The summed E-state index contributed by atoms with van der Waals surface area (Å²) in [5, 5.41) is 0. The van der Waals surface area contributed by atoms with E-state index in [-0.39, 0.29) is 5.41 Å². The summed E-state index contributed by atoms with van der Waals surface area (Å²) < 4.78 is 0. The molecule has 1 spiro atoms. The molecule has 3 aliphatic carbocycles. The molecule has 3 fully saturated rings. The minimum Gasteiger partial charge on any atom is -0.299 e. The van der Waals surface area contributed by atoms with Gasteiger partial charge in [-0.25, -0.2) is 0 Å². The highest BCUT2D eigenvalue weighted by molar-refractivity contribution is 6.81. The summed E-state index contributed by atoms with van der Waals surface area (Å²) in [6.07, 6.45) is 6.19. The van der Waals surface area contributed by atoms with Gasteiger partial charge in [0.05, 0.1) is 8.07 Å². The van der Waals surface area contributed by atoms with E-state index in [9.17, 15) is 4.79 Å². The molecule has 0 aliphatic heterocycles. The molecule has 2 heteroatoms. The highest BCUT2D eigenvalue weighted by Crippen LogP contribution is 2.67. The Bertz CT molecular complexity index is 454. The van der Waals surface area contributed by atoms with Crippen molar-refractivity contribution in [2.75, 3.05) is 0 Å². The molecule has 0 unspecified atom stereocenters. The third-order valence-electron chi connectivity index (χ3n) is 6.14. The Labute approximate surface area is 118 Å². The van der Waals surface area contributed by atoms with E-state index < -0.39 is 8.07 Å². The van der Waals surface area contributed by atoms with Gasteiger partial charge in [-0.2, -0.15) is 0 Å². The van der Waals surface area contributed by atoms with Gasteiger partial charge < -0.3 is 0 Å². The minimum atomic E-state index is -1.17. The first-order valence-electron chi connectivity index (χ1n) is 7.93. The highest BCUT2D eigenvalue weighted by atomic mass is 28.3. The summed E-state index contributed by atoms with van der Waals surface area (Å²) in [4.78, 5) is 12.9. The van der Waals surface area contributed by atoms with Crippen molar-refractivity contribution in [2.24, 2.45) is 22.7 Å². The largest absolute Gasteiger partial charge is 0.299 e. The molecule has 3 aliphatic rings. The Morgan fingerprint density at radius 2 is 1.89 bits per heavy atom. The van der Waals surface area contributed by atoms with Crippen LogP contribution in [0, 0.1) is 22.7 Å². The van der Waals surface area contributed by atoms with Gasteiger partial charge in [0.15, 0.2) is 0 Å². The van der Waals surface area contributed by atoms with E-state index in [0.29, 0.717) is 23.0 Å². The summed E-state index contributed by atoms with van der Waals surface area (Å²) in [6, 6.07) is 0. The van der Waals surface area contributed by atoms with Crippen LogP contribution in [0.3, 0.4) is 0 Å². The Hall–Kier alpha value is -0.373. The Morgan fingerprint density at radius 1 is 1.21 bits per heavy atom. The van der Waals surface area contributed by atoms with E-state index in [1.165, 1.54) is 25.7 Å². The number of carbonyl (C=O) groups excluding carboxylic acids is 1. The van der Waals surface area contributed by atoms with Crippen LogP contribution in [0.4, 0.5) is 0 Å². The number of fused-ring (bicyclic) bond motifs is 1.